The van der Waals surface area contributed by atoms with Gasteiger partial charge >= 0.3 is 0 Å². The van der Waals surface area contributed by atoms with Gasteiger partial charge in [-0.15, -0.1) is 0 Å². The second-order valence-corrected chi connectivity index (χ2v) is 8.33. The van der Waals surface area contributed by atoms with Crippen LogP contribution in [0.5, 0.6) is 0 Å². The Labute approximate surface area is 157 Å². The van der Waals surface area contributed by atoms with E-state index in [0.717, 1.165) is 11.8 Å². The standard InChI is InChI=1S/C16H20ClN5O3S/c1-26(23,24)22(11-13-3-2-4-18-10-13)12-15-19-14(17)9-16(20-15)21-5-7-25-8-6-21/h2-4,9-10H,5-8,11-12H2,1H3. The summed E-state index contributed by atoms with van der Waals surface area (Å²) >= 11 is 6.14. The molecule has 26 heavy (non-hydrogen) atoms. The monoisotopic (exact) mass is 397 g/mol. The lowest BCUT2D eigenvalue weighted by Gasteiger charge is -2.28. The highest BCUT2D eigenvalue weighted by atomic mass is 35.5. The maximum absolute atomic E-state index is 12.2. The Kier molecular flexibility index (Phi) is 6.02. The molecule has 8 nitrogen and oxygen atoms in total. The van der Waals surface area contributed by atoms with Crippen LogP contribution in [0.4, 0.5) is 5.82 Å². The van der Waals surface area contributed by atoms with Gasteiger partial charge in [-0.25, -0.2) is 18.4 Å². The lowest BCUT2D eigenvalue weighted by atomic mass is 10.3. The highest BCUT2D eigenvalue weighted by molar-refractivity contribution is 7.88. The maximum Gasteiger partial charge on any atom is 0.211 e. The molecule has 0 aromatic carbocycles. The molecule has 1 aliphatic rings. The molecule has 0 unspecified atom stereocenters. The molecule has 1 saturated heterocycles. The predicted molar refractivity (Wildman–Crippen MR) is 98.4 cm³/mol. The van der Waals surface area contributed by atoms with Crippen LogP contribution in [0.25, 0.3) is 0 Å². The van der Waals surface area contributed by atoms with Gasteiger partial charge in [0.2, 0.25) is 10.0 Å². The first kappa shape index (κ1) is 19.0. The van der Waals surface area contributed by atoms with Gasteiger partial charge in [0, 0.05) is 38.1 Å². The van der Waals surface area contributed by atoms with Crippen molar-refractivity contribution in [1.82, 2.24) is 19.3 Å². The van der Waals surface area contributed by atoms with E-state index in [4.69, 9.17) is 16.3 Å². The van der Waals surface area contributed by atoms with Crippen molar-refractivity contribution in [3.05, 3.63) is 47.1 Å². The fraction of sp³-hybridized carbons (Fsp3) is 0.438. The molecular formula is C16H20ClN5O3S. The Bertz CT molecular complexity index is 844. The smallest absolute Gasteiger partial charge is 0.211 e. The van der Waals surface area contributed by atoms with Crippen molar-refractivity contribution in [2.45, 2.75) is 13.1 Å². The number of hydrogen-bond donors (Lipinski definition) is 0. The second-order valence-electron chi connectivity index (χ2n) is 5.96. The van der Waals surface area contributed by atoms with E-state index in [-0.39, 0.29) is 18.2 Å². The minimum atomic E-state index is -3.46. The summed E-state index contributed by atoms with van der Waals surface area (Å²) < 4.78 is 31.1. The zero-order chi connectivity index (χ0) is 18.6. The number of halogens is 1. The van der Waals surface area contributed by atoms with Crippen molar-refractivity contribution in [3.8, 4) is 0 Å². The first-order valence-corrected chi connectivity index (χ1v) is 10.3. The van der Waals surface area contributed by atoms with Crippen LogP contribution in [0, 0.1) is 0 Å². The SMILES string of the molecule is CS(=O)(=O)N(Cc1cccnc1)Cc1nc(Cl)cc(N2CCOCC2)n1. The van der Waals surface area contributed by atoms with Gasteiger partial charge in [-0.2, -0.15) is 4.31 Å². The second kappa shape index (κ2) is 8.26. The molecule has 0 radical (unpaired) electrons. The van der Waals surface area contributed by atoms with Gasteiger partial charge in [-0.1, -0.05) is 17.7 Å². The van der Waals surface area contributed by atoms with Crippen LogP contribution in [0.3, 0.4) is 0 Å². The van der Waals surface area contributed by atoms with E-state index in [0.29, 0.717) is 37.9 Å². The van der Waals surface area contributed by atoms with E-state index in [1.807, 2.05) is 11.0 Å². The van der Waals surface area contributed by atoms with Crippen molar-refractivity contribution < 1.29 is 13.2 Å². The van der Waals surface area contributed by atoms with Gasteiger partial charge in [0.15, 0.2) is 0 Å². The number of aromatic nitrogens is 3. The number of rotatable bonds is 6. The summed E-state index contributed by atoms with van der Waals surface area (Å²) in [4.78, 5) is 14.8. The van der Waals surface area contributed by atoms with Crippen LogP contribution < -0.4 is 4.90 Å². The van der Waals surface area contributed by atoms with Crippen LogP contribution in [0.15, 0.2) is 30.6 Å². The Balaban J connectivity index is 1.83. The third kappa shape index (κ3) is 5.10. The number of hydrogen-bond acceptors (Lipinski definition) is 7. The average Bonchev–Trinajstić information content (AvgIpc) is 2.61. The molecule has 0 N–H and O–H groups in total. The van der Waals surface area contributed by atoms with E-state index in [1.54, 1.807) is 24.5 Å². The van der Waals surface area contributed by atoms with E-state index >= 15 is 0 Å². The summed E-state index contributed by atoms with van der Waals surface area (Å²) in [7, 11) is -3.46. The van der Waals surface area contributed by atoms with Gasteiger partial charge in [0.25, 0.3) is 0 Å². The number of morpholine rings is 1. The molecule has 0 bridgehead atoms. The first-order valence-electron chi connectivity index (χ1n) is 8.12. The van der Waals surface area contributed by atoms with Crippen LogP contribution >= 0.6 is 11.6 Å². The Morgan fingerprint density at radius 3 is 2.69 bits per heavy atom. The fourth-order valence-corrected chi connectivity index (χ4v) is 3.55. The van der Waals surface area contributed by atoms with E-state index in [1.165, 1.54) is 4.31 Å². The average molecular weight is 398 g/mol. The third-order valence-corrected chi connectivity index (χ3v) is 5.32. The zero-order valence-electron chi connectivity index (χ0n) is 14.4. The van der Waals surface area contributed by atoms with Gasteiger partial charge in [-0.3, -0.25) is 4.98 Å². The van der Waals surface area contributed by atoms with Crippen molar-refractivity contribution in [2.24, 2.45) is 0 Å². The maximum atomic E-state index is 12.2. The number of anilines is 1. The van der Waals surface area contributed by atoms with Crippen molar-refractivity contribution >= 4 is 27.4 Å². The summed E-state index contributed by atoms with van der Waals surface area (Å²) in [5.74, 6) is 1.03. The Morgan fingerprint density at radius 1 is 1.27 bits per heavy atom. The third-order valence-electron chi connectivity index (χ3n) is 3.93. The summed E-state index contributed by atoms with van der Waals surface area (Å²) in [5, 5.41) is 0.284. The molecule has 10 heteroatoms. The van der Waals surface area contributed by atoms with Gasteiger partial charge < -0.3 is 9.64 Å². The molecule has 0 amide bonds. The van der Waals surface area contributed by atoms with Crippen molar-refractivity contribution in [2.75, 3.05) is 37.5 Å². The van der Waals surface area contributed by atoms with Gasteiger partial charge in [0.1, 0.15) is 16.8 Å². The normalized spacial score (nSPS) is 15.4. The number of nitrogens with zero attached hydrogens (tertiary/aromatic N) is 5. The molecule has 0 spiro atoms. The lowest BCUT2D eigenvalue weighted by molar-refractivity contribution is 0.122. The predicted octanol–water partition coefficient (Wildman–Crippen LogP) is 1.32. The van der Waals surface area contributed by atoms with Crippen LogP contribution in [-0.2, 0) is 27.8 Å². The topological polar surface area (TPSA) is 88.5 Å². The molecule has 140 valence electrons. The molecule has 3 rings (SSSR count). The molecule has 2 aromatic heterocycles. The van der Waals surface area contributed by atoms with E-state index in [2.05, 4.69) is 15.0 Å². The minimum absolute atomic E-state index is 0.0334. The fourth-order valence-electron chi connectivity index (χ4n) is 2.62. The molecule has 0 atom stereocenters. The summed E-state index contributed by atoms with van der Waals surface area (Å²) in [6.45, 7) is 2.87. The summed E-state index contributed by atoms with van der Waals surface area (Å²) in [5.41, 5.74) is 0.786. The molecule has 2 aromatic rings. The van der Waals surface area contributed by atoms with Crippen molar-refractivity contribution in [3.63, 3.8) is 0 Å². The van der Waals surface area contributed by atoms with E-state index in [9.17, 15) is 8.42 Å². The molecular weight excluding hydrogens is 378 g/mol. The van der Waals surface area contributed by atoms with Crippen LogP contribution in [0.2, 0.25) is 5.15 Å². The van der Waals surface area contributed by atoms with Gasteiger partial charge in [-0.05, 0) is 11.6 Å². The highest BCUT2D eigenvalue weighted by Gasteiger charge is 2.21. The molecule has 1 aliphatic heterocycles. The Hall–Kier alpha value is -1.81. The van der Waals surface area contributed by atoms with Crippen molar-refractivity contribution in [1.29, 1.82) is 0 Å². The zero-order valence-corrected chi connectivity index (χ0v) is 15.9. The minimum Gasteiger partial charge on any atom is -0.378 e. The molecule has 0 aliphatic carbocycles. The summed E-state index contributed by atoms with van der Waals surface area (Å²) in [6, 6.07) is 5.27. The number of sulfonamides is 1. The van der Waals surface area contributed by atoms with Crippen LogP contribution in [0.1, 0.15) is 11.4 Å². The Morgan fingerprint density at radius 2 is 2.04 bits per heavy atom. The van der Waals surface area contributed by atoms with E-state index < -0.39 is 10.0 Å². The molecule has 0 saturated carbocycles. The molecule has 1 fully saturated rings. The molecule has 3 heterocycles. The lowest BCUT2D eigenvalue weighted by Crippen LogP contribution is -2.37. The van der Waals surface area contributed by atoms with Gasteiger partial charge in [0.05, 0.1) is 26.0 Å². The quantitative estimate of drug-likeness (QED) is 0.679. The largest absolute Gasteiger partial charge is 0.378 e. The number of ether oxygens (including phenoxy) is 1. The highest BCUT2D eigenvalue weighted by Crippen LogP contribution is 2.19. The summed E-state index contributed by atoms with van der Waals surface area (Å²) in [6.07, 6.45) is 4.44. The van der Waals surface area contributed by atoms with Crippen LogP contribution in [-0.4, -0.2) is 60.2 Å². The number of pyridine rings is 1. The first-order chi connectivity index (χ1) is 12.4.